The van der Waals surface area contributed by atoms with E-state index in [9.17, 15) is 10.2 Å². The van der Waals surface area contributed by atoms with Crippen LogP contribution in [0.3, 0.4) is 0 Å². The zero-order chi connectivity index (χ0) is 54.8. The quantitative estimate of drug-likeness (QED) is 0.123. The summed E-state index contributed by atoms with van der Waals surface area (Å²) in [6, 6.07) is 29.9. The molecule has 8 bridgehead atoms. The molecule has 1 heterocycles. The summed E-state index contributed by atoms with van der Waals surface area (Å²) in [4.78, 5) is 0. The molecule has 0 aromatic heterocycles. The van der Waals surface area contributed by atoms with Gasteiger partial charge < -0.3 is 0 Å². The van der Waals surface area contributed by atoms with Crippen LogP contribution in [0.25, 0.3) is 0 Å². The molecule has 8 atom stereocenters. The van der Waals surface area contributed by atoms with E-state index in [-0.39, 0.29) is 37.1 Å². The Morgan fingerprint density at radius 1 is 0.481 bits per heavy atom. The van der Waals surface area contributed by atoms with Crippen molar-refractivity contribution in [2.24, 2.45) is 33.5 Å². The van der Waals surface area contributed by atoms with Gasteiger partial charge in [-0.25, -0.2) is 0 Å². The summed E-state index contributed by atoms with van der Waals surface area (Å²) in [5.41, 5.74) is 12.6. The monoisotopic (exact) mass is 1110 g/mol. The molecule has 77 heavy (non-hydrogen) atoms. The molecule has 0 saturated heterocycles. The Morgan fingerprint density at radius 2 is 0.818 bits per heavy atom. The zero-order valence-electron chi connectivity index (χ0n) is 50.0. The Morgan fingerprint density at radius 3 is 1.10 bits per heavy atom. The van der Waals surface area contributed by atoms with E-state index in [0.29, 0.717) is 37.6 Å². The first-order valence-corrected chi connectivity index (χ1v) is 37.9. The van der Waals surface area contributed by atoms with Gasteiger partial charge in [-0.2, -0.15) is 49.2 Å². The molecule has 8 unspecified atom stereocenters. The van der Waals surface area contributed by atoms with Crippen LogP contribution in [0, 0.1) is 47.3 Å². The van der Waals surface area contributed by atoms with Gasteiger partial charge in [0.05, 0.1) is 0 Å². The van der Waals surface area contributed by atoms with Crippen molar-refractivity contribution in [1.82, 2.24) is 0 Å². The maximum atomic E-state index is 13.0. The predicted octanol–water partition coefficient (Wildman–Crippen LogP) is 20.7. The average Bonchev–Trinajstić information content (AvgIpc) is 3.89. The normalized spacial score (nSPS) is 35.6. The first kappa shape index (κ1) is 57.9. The second-order valence-electron chi connectivity index (χ2n) is 29.8. The maximum absolute atomic E-state index is 13.0. The fourth-order valence-corrected chi connectivity index (χ4v) is 39.9. The molecular formula is C72H102O2S2Ti-2. The SMILES string of the molecule is CCC12CC3CC(CC)(C1)CC(c1cc(C(C)(C)C)cc(C[S]4=[Ti]=[S](Cc5cc(C(C)(C)C)cc(C67CC8CC(CC)(CC(CC)(C8)C6)C7)c5O)C5CCCCCCC54)c1O)(C3)C2.[CH2-]c1ccccc1.[CH2-]c1ccccc1. The van der Waals surface area contributed by atoms with Crippen molar-refractivity contribution in [2.75, 3.05) is 0 Å². The Hall–Kier alpha value is -2.37. The van der Waals surface area contributed by atoms with Crippen molar-refractivity contribution in [3.05, 3.63) is 143 Å². The van der Waals surface area contributed by atoms with E-state index in [1.807, 2.05) is 60.7 Å². The summed E-state index contributed by atoms with van der Waals surface area (Å²) in [5.74, 6) is 5.29. The number of benzene rings is 4. The van der Waals surface area contributed by atoms with Gasteiger partial charge in [-0.1, -0.05) is 12.1 Å². The van der Waals surface area contributed by atoms with Gasteiger partial charge in [0.15, 0.2) is 0 Å². The van der Waals surface area contributed by atoms with E-state index in [1.165, 1.54) is 175 Å². The Kier molecular flexibility index (Phi) is 16.6. The molecule has 10 aliphatic rings. The fourth-order valence-electron chi connectivity index (χ4n) is 19.0. The fraction of sp³-hybridized carbons (Fsp3) is 0.639. The van der Waals surface area contributed by atoms with Crippen molar-refractivity contribution in [3.8, 4) is 11.5 Å². The van der Waals surface area contributed by atoms with E-state index < -0.39 is 0 Å². The molecule has 14 rings (SSSR count). The van der Waals surface area contributed by atoms with Gasteiger partial charge in [0, 0.05) is 0 Å². The minimum Gasteiger partial charge on any atom is -0.199 e. The van der Waals surface area contributed by atoms with Crippen LogP contribution in [0.5, 0.6) is 11.5 Å². The maximum Gasteiger partial charge on any atom is -0.0866 e. The van der Waals surface area contributed by atoms with Crippen LogP contribution in [0.15, 0.2) is 84.9 Å². The van der Waals surface area contributed by atoms with Crippen LogP contribution < -0.4 is 0 Å². The van der Waals surface area contributed by atoms with Crippen LogP contribution in [-0.4, -0.2) is 20.7 Å². The van der Waals surface area contributed by atoms with Crippen molar-refractivity contribution in [2.45, 2.75) is 254 Å². The van der Waals surface area contributed by atoms with E-state index >= 15 is 0 Å². The second-order valence-corrected chi connectivity index (χ2v) is 41.3. The summed E-state index contributed by atoms with van der Waals surface area (Å²) in [5, 5.41) is 27.5. The summed E-state index contributed by atoms with van der Waals surface area (Å²) in [6.45, 7) is 31.9. The standard InChI is InChI=1S/C58H88O2S2.2C7H7.Ti/c1-11-53-25-39-26-54(12-2,33-53)36-57(29-39,35-53)45-23-43(51(5,6)7)21-41(49(45)59)31-61-47-19-17-15-16-18-20-48(47)62-32-42-22-44(52(8,9)10)24-46(50(42)60)58-30-40-27-55(13-3,37-58)34-56(14-4,28-40)38-58;2*1-7-5-3-2-4-6-7;/h21-24,39-40,47-48,59-60H,11-20,25-38H2,1-10H3;2*2-6H,1H2;/q;2*-1;. The largest absolute Gasteiger partial charge is 0.199 e. The smallest absolute Gasteiger partial charge is 0.0866 e. The molecule has 420 valence electrons. The molecule has 5 heteroatoms. The number of fused-ring (bicyclic) bond motifs is 1. The third kappa shape index (κ3) is 11.6. The van der Waals surface area contributed by atoms with Crippen molar-refractivity contribution < 1.29 is 25.7 Å². The number of hydrogen-bond acceptors (Lipinski definition) is 2. The number of rotatable bonds is 10. The number of aromatic hydroxyl groups is 2. The first-order valence-electron chi connectivity index (χ1n) is 31.2. The molecule has 2 nitrogen and oxygen atoms in total. The van der Waals surface area contributed by atoms with Crippen molar-refractivity contribution in [1.29, 1.82) is 0 Å². The van der Waals surface area contributed by atoms with Gasteiger partial charge in [-0.3, -0.25) is 0 Å². The van der Waals surface area contributed by atoms with Gasteiger partial charge in [0.2, 0.25) is 0 Å². The Labute approximate surface area is 480 Å². The third-order valence-electron chi connectivity index (χ3n) is 22.2. The molecule has 0 spiro atoms. The van der Waals surface area contributed by atoms with Gasteiger partial charge in [0.1, 0.15) is 0 Å². The second kappa shape index (κ2) is 22.1. The minimum absolute atomic E-state index is 0.0457. The molecule has 0 radical (unpaired) electrons. The molecule has 9 aliphatic carbocycles. The molecular weight excluding hydrogens is 1010 g/mol. The van der Waals surface area contributed by atoms with Crippen molar-refractivity contribution in [3.63, 3.8) is 0 Å². The number of phenols is 2. The van der Waals surface area contributed by atoms with Crippen LogP contribution in [0.4, 0.5) is 0 Å². The number of hydrogen-bond donors (Lipinski definition) is 2. The van der Waals surface area contributed by atoms with Gasteiger partial charge in [-0.05, 0) is 0 Å². The van der Waals surface area contributed by atoms with Crippen LogP contribution in [0.2, 0.25) is 0 Å². The molecule has 4 aromatic carbocycles. The third-order valence-corrected chi connectivity index (χ3v) is 38.2. The average molecular weight is 1110 g/mol. The van der Waals surface area contributed by atoms with Crippen LogP contribution in [0.1, 0.15) is 255 Å². The summed E-state index contributed by atoms with van der Waals surface area (Å²) >= 11 is -0.301. The minimum atomic E-state index is -0.301. The predicted molar refractivity (Wildman–Crippen MR) is 330 cm³/mol. The molecule has 9 saturated carbocycles. The first-order chi connectivity index (χ1) is 36.5. The summed E-state index contributed by atoms with van der Waals surface area (Å²) < 4.78 is 0. The van der Waals surface area contributed by atoms with Gasteiger partial charge >= 0.3 is 398 Å². The van der Waals surface area contributed by atoms with Gasteiger partial charge in [0.25, 0.3) is 0 Å². The van der Waals surface area contributed by atoms with E-state index in [4.69, 9.17) is 0 Å². The zero-order valence-corrected chi connectivity index (χ0v) is 53.2. The van der Waals surface area contributed by atoms with E-state index in [0.717, 1.165) is 56.5 Å². The summed E-state index contributed by atoms with van der Waals surface area (Å²) in [7, 11) is 0.673. The van der Waals surface area contributed by atoms with E-state index in [1.54, 1.807) is 0 Å². The number of phenolic OH excluding ortho intramolecular Hbond substituents is 2. The van der Waals surface area contributed by atoms with Crippen LogP contribution >= 0.6 is 15.9 Å². The molecule has 4 aromatic rings. The van der Waals surface area contributed by atoms with Crippen LogP contribution in [-0.2, 0) is 48.6 Å². The molecule has 2 N–H and O–H groups in total. The van der Waals surface area contributed by atoms with E-state index in [2.05, 4.69) is 107 Å². The summed E-state index contributed by atoms with van der Waals surface area (Å²) in [6.07, 6.45) is 29.9. The Bertz CT molecular complexity index is 2600. The van der Waals surface area contributed by atoms with Gasteiger partial charge in [-0.15, -0.1) is 24.3 Å². The molecule has 1 aliphatic heterocycles. The molecule has 0 amide bonds. The van der Waals surface area contributed by atoms with Crippen molar-refractivity contribution >= 4 is 15.9 Å². The Balaban J connectivity index is 0.000000418. The molecule has 9 fully saturated rings. The topological polar surface area (TPSA) is 40.5 Å².